The van der Waals surface area contributed by atoms with E-state index in [1.165, 1.54) is 17.4 Å². The molecule has 13 nitrogen and oxygen atoms in total. The largest absolute Gasteiger partial charge is 0.446 e. The zero-order valence-electron chi connectivity index (χ0n) is 25.4. The van der Waals surface area contributed by atoms with Gasteiger partial charge in [0.2, 0.25) is 17.7 Å². The number of aromatic nitrogens is 3. The Labute approximate surface area is 259 Å². The number of rotatable bonds is 4. The number of hydrogen-bond acceptors (Lipinski definition) is 9. The molecule has 0 saturated heterocycles. The van der Waals surface area contributed by atoms with Crippen LogP contribution in [0.3, 0.4) is 0 Å². The first kappa shape index (κ1) is 31.1. The van der Waals surface area contributed by atoms with Crippen molar-refractivity contribution in [3.8, 4) is 0 Å². The summed E-state index contributed by atoms with van der Waals surface area (Å²) >= 11 is 0. The van der Waals surface area contributed by atoms with Crippen molar-refractivity contribution in [2.75, 3.05) is 13.1 Å². The number of oxazole rings is 2. The summed E-state index contributed by atoms with van der Waals surface area (Å²) in [4.78, 5) is 68.2. The zero-order valence-corrected chi connectivity index (χ0v) is 25.4. The average Bonchev–Trinajstić information content (AvgIpc) is 3.67. The average molecular weight is 614 g/mol. The predicted molar refractivity (Wildman–Crippen MR) is 161 cm³/mol. The normalized spacial score (nSPS) is 19.7. The van der Waals surface area contributed by atoms with Gasteiger partial charge >= 0.3 is 0 Å². The number of nitrogens with one attached hydrogen (secondary N) is 3. The lowest BCUT2D eigenvalue weighted by molar-refractivity contribution is -0.122. The van der Waals surface area contributed by atoms with Gasteiger partial charge < -0.3 is 29.7 Å². The highest BCUT2D eigenvalue weighted by Gasteiger charge is 2.30. The quantitative estimate of drug-likeness (QED) is 0.310. The van der Waals surface area contributed by atoms with E-state index < -0.39 is 41.8 Å². The second-order valence-corrected chi connectivity index (χ2v) is 11.3. The molecule has 5 rings (SSSR count). The summed E-state index contributed by atoms with van der Waals surface area (Å²) in [7, 11) is 0. The summed E-state index contributed by atoms with van der Waals surface area (Å²) in [5, 5.41) is 8.66. The lowest BCUT2D eigenvalue weighted by Gasteiger charge is -2.29. The fourth-order valence-electron chi connectivity index (χ4n) is 5.06. The Kier molecular flexibility index (Phi) is 9.36. The van der Waals surface area contributed by atoms with E-state index in [4.69, 9.17) is 8.83 Å². The number of amides is 4. The number of pyridine rings is 1. The van der Waals surface area contributed by atoms with Crippen molar-refractivity contribution in [2.24, 2.45) is 5.92 Å². The summed E-state index contributed by atoms with van der Waals surface area (Å²) in [6.07, 6.45) is 4.64. The molecule has 1 aromatic carbocycles. The van der Waals surface area contributed by atoms with Crippen molar-refractivity contribution >= 4 is 23.6 Å². The van der Waals surface area contributed by atoms with Crippen molar-refractivity contribution in [2.45, 2.75) is 52.2 Å². The molecule has 0 unspecified atom stereocenters. The molecule has 0 radical (unpaired) electrons. The van der Waals surface area contributed by atoms with Gasteiger partial charge in [-0.05, 0) is 43.9 Å². The molecular formula is C32H35N7O6. The summed E-state index contributed by atoms with van der Waals surface area (Å²) < 4.78 is 11.4. The lowest BCUT2D eigenvalue weighted by atomic mass is 10.0. The number of carbonyl (C=O) groups excluding carboxylic acids is 4. The fourth-order valence-corrected chi connectivity index (χ4v) is 5.06. The molecule has 1 aliphatic heterocycles. The third-order valence-electron chi connectivity index (χ3n) is 7.28. The van der Waals surface area contributed by atoms with Crippen molar-refractivity contribution in [3.05, 3.63) is 101 Å². The van der Waals surface area contributed by atoms with E-state index in [1.807, 2.05) is 44.2 Å². The molecule has 4 aromatic rings. The maximum Gasteiger partial charge on any atom is 0.274 e. The van der Waals surface area contributed by atoms with Crippen LogP contribution in [0, 0.1) is 12.8 Å². The van der Waals surface area contributed by atoms with Gasteiger partial charge in [0.25, 0.3) is 17.7 Å². The lowest BCUT2D eigenvalue weighted by Crippen LogP contribution is -2.46. The first-order valence-corrected chi connectivity index (χ1v) is 14.7. The molecule has 4 bridgehead atoms. The van der Waals surface area contributed by atoms with Gasteiger partial charge in [-0.15, -0.1) is 0 Å². The van der Waals surface area contributed by atoms with Crippen molar-refractivity contribution in [1.82, 2.24) is 35.8 Å². The van der Waals surface area contributed by atoms with Crippen molar-refractivity contribution < 1.29 is 28.0 Å². The van der Waals surface area contributed by atoms with E-state index >= 15 is 0 Å². The van der Waals surface area contributed by atoms with Gasteiger partial charge in [-0.2, -0.15) is 0 Å². The van der Waals surface area contributed by atoms with Gasteiger partial charge in [-0.25, -0.2) is 9.97 Å². The summed E-state index contributed by atoms with van der Waals surface area (Å²) in [6, 6.07) is 10.2. The van der Waals surface area contributed by atoms with Crippen LogP contribution in [0.5, 0.6) is 0 Å². The van der Waals surface area contributed by atoms with Gasteiger partial charge in [0.05, 0.1) is 18.2 Å². The fraction of sp³-hybridized carbons (Fsp3) is 0.344. The number of hydrogen-bond donors (Lipinski definition) is 3. The molecule has 13 heteroatoms. The number of carbonyl (C=O) groups is 4. The Morgan fingerprint density at radius 2 is 1.78 bits per heavy atom. The van der Waals surface area contributed by atoms with Gasteiger partial charge in [0, 0.05) is 18.9 Å². The van der Waals surface area contributed by atoms with Crippen LogP contribution in [0.1, 0.15) is 99.8 Å². The van der Waals surface area contributed by atoms with Crippen LogP contribution in [0.15, 0.2) is 70.0 Å². The van der Waals surface area contributed by atoms with Crippen LogP contribution in [-0.4, -0.2) is 56.6 Å². The molecular weight excluding hydrogens is 578 g/mol. The third kappa shape index (κ3) is 7.43. The third-order valence-corrected chi connectivity index (χ3v) is 7.28. The maximum atomic E-state index is 13.8. The molecule has 3 N–H and O–H groups in total. The second kappa shape index (κ2) is 13.5. The second-order valence-electron chi connectivity index (χ2n) is 11.3. The summed E-state index contributed by atoms with van der Waals surface area (Å²) in [6.45, 7) is 6.83. The number of nitrogens with zero attached hydrogens (tertiary/aromatic N) is 4. The van der Waals surface area contributed by atoms with Crippen LogP contribution in [0.2, 0.25) is 0 Å². The first-order chi connectivity index (χ1) is 21.6. The summed E-state index contributed by atoms with van der Waals surface area (Å²) in [5.74, 6) is -1.36. The van der Waals surface area contributed by atoms with E-state index in [1.54, 1.807) is 32.2 Å². The van der Waals surface area contributed by atoms with E-state index in [-0.39, 0.29) is 53.5 Å². The van der Waals surface area contributed by atoms with Crippen LogP contribution >= 0.6 is 0 Å². The maximum absolute atomic E-state index is 13.8. The molecule has 4 amide bonds. The Hall–Kier alpha value is -5.33. The van der Waals surface area contributed by atoms with Gasteiger partial charge in [0.1, 0.15) is 24.1 Å². The van der Waals surface area contributed by atoms with E-state index in [0.717, 1.165) is 0 Å². The number of benzene rings is 1. The Balaban J connectivity index is 1.57. The Bertz CT molecular complexity index is 1670. The minimum absolute atomic E-state index is 0.00120. The summed E-state index contributed by atoms with van der Waals surface area (Å²) in [5.41, 5.74) is 1.01. The molecule has 45 heavy (non-hydrogen) atoms. The van der Waals surface area contributed by atoms with E-state index in [9.17, 15) is 19.2 Å². The topological polar surface area (TPSA) is 173 Å². The molecule has 0 saturated carbocycles. The number of fused-ring (bicyclic) bond motifs is 4. The number of aryl methyl sites for hydroxylation is 1. The highest BCUT2D eigenvalue weighted by Crippen LogP contribution is 2.24. The SMILES string of the molecule is Cc1oc2nc1C(=O)N[C@@H](c1ccccc1)CN(C(=O)c1cccnc1)CC(=O)N[C@H](CC(C)C)c1nc(co1)C(=O)N[C@H]2C. The van der Waals surface area contributed by atoms with Crippen molar-refractivity contribution in [3.63, 3.8) is 0 Å². The minimum atomic E-state index is -0.733. The van der Waals surface area contributed by atoms with Crippen LogP contribution in [0.4, 0.5) is 0 Å². The highest BCUT2D eigenvalue weighted by molar-refractivity contribution is 5.97. The smallest absolute Gasteiger partial charge is 0.274 e. The first-order valence-electron chi connectivity index (χ1n) is 14.7. The van der Waals surface area contributed by atoms with Gasteiger partial charge in [-0.3, -0.25) is 24.2 Å². The van der Waals surface area contributed by atoms with Gasteiger partial charge in [0.15, 0.2) is 11.4 Å². The molecule has 4 heterocycles. The molecule has 0 aliphatic carbocycles. The van der Waals surface area contributed by atoms with Crippen LogP contribution in [0.25, 0.3) is 0 Å². The monoisotopic (exact) mass is 613 g/mol. The molecule has 0 spiro atoms. The highest BCUT2D eigenvalue weighted by atomic mass is 16.4. The van der Waals surface area contributed by atoms with E-state index in [2.05, 4.69) is 30.9 Å². The molecule has 1 aliphatic rings. The Morgan fingerprint density at radius 3 is 2.49 bits per heavy atom. The molecule has 3 atom stereocenters. The van der Waals surface area contributed by atoms with Crippen LogP contribution < -0.4 is 16.0 Å². The molecule has 0 fully saturated rings. The molecule has 234 valence electrons. The van der Waals surface area contributed by atoms with Crippen LogP contribution in [-0.2, 0) is 4.79 Å². The minimum Gasteiger partial charge on any atom is -0.446 e. The Morgan fingerprint density at radius 1 is 1.00 bits per heavy atom. The predicted octanol–water partition coefficient (Wildman–Crippen LogP) is 3.69. The van der Waals surface area contributed by atoms with Gasteiger partial charge in [-0.1, -0.05) is 44.2 Å². The van der Waals surface area contributed by atoms with Crippen molar-refractivity contribution in [1.29, 1.82) is 0 Å². The zero-order chi connectivity index (χ0) is 32.1. The van der Waals surface area contributed by atoms with E-state index in [0.29, 0.717) is 12.0 Å². The molecule has 3 aromatic heterocycles. The standard InChI is InChI=1S/C32H35N7O6/c1-18(2)13-23-31-37-25(17-44-31)28(41)34-19(3)30-38-27(20(4)45-30)29(42)36-24(21-9-6-5-7-10-21)15-39(16-26(40)35-23)32(43)22-11-8-12-33-14-22/h5-12,14,17-19,23-24H,13,15-16H2,1-4H3,(H,34,41)(H,35,40)(H,36,42)/t19-,23+,24+/m0/s1.